The Morgan fingerprint density at radius 3 is 2.93 bits per heavy atom. The second-order valence-corrected chi connectivity index (χ2v) is 4.02. The first-order valence-electron chi connectivity index (χ1n) is 4.04. The summed E-state index contributed by atoms with van der Waals surface area (Å²) in [6, 6.07) is 6.28. The first kappa shape index (κ1) is 9.20. The zero-order valence-electron chi connectivity index (χ0n) is 7.20. The van der Waals surface area contributed by atoms with E-state index < -0.39 is 6.10 Å². The summed E-state index contributed by atoms with van der Waals surface area (Å²) in [5, 5.41) is 10.3. The summed E-state index contributed by atoms with van der Waals surface area (Å²) in [6.45, 7) is 0. The summed E-state index contributed by atoms with van der Waals surface area (Å²) in [4.78, 5) is 0.674. The molecule has 3 heteroatoms. The fourth-order valence-electron chi connectivity index (χ4n) is 1.24. The topological polar surface area (TPSA) is 20.2 Å². The van der Waals surface area contributed by atoms with Gasteiger partial charge in [-0.15, -0.1) is 17.8 Å². The van der Waals surface area contributed by atoms with Crippen LogP contribution in [0, 0.1) is 18.2 Å². The lowest BCUT2D eigenvalue weighted by atomic mass is 10.2. The highest BCUT2D eigenvalue weighted by atomic mass is 32.1. The fraction of sp³-hybridized carbons (Fsp3) is 0.0909. The molecule has 0 aliphatic heterocycles. The molecule has 0 aliphatic rings. The van der Waals surface area contributed by atoms with Crippen LogP contribution in [-0.2, 0) is 0 Å². The number of benzene rings is 1. The van der Waals surface area contributed by atoms with E-state index in [1.807, 2.05) is 0 Å². The average molecular weight is 206 g/mol. The predicted octanol–water partition coefficient (Wildman–Crippen LogP) is 2.71. The molecular weight excluding hydrogens is 199 g/mol. The molecule has 1 aromatic carbocycles. The molecule has 0 bridgehead atoms. The summed E-state index contributed by atoms with van der Waals surface area (Å²) in [5.41, 5.74) is 0. The molecule has 0 amide bonds. The van der Waals surface area contributed by atoms with Gasteiger partial charge in [0.1, 0.15) is 11.9 Å². The van der Waals surface area contributed by atoms with Crippen molar-refractivity contribution < 1.29 is 9.50 Å². The summed E-state index contributed by atoms with van der Waals surface area (Å²) in [5.74, 6) is 1.95. The van der Waals surface area contributed by atoms with Gasteiger partial charge in [0.2, 0.25) is 0 Å². The maximum Gasteiger partial charge on any atom is 0.149 e. The number of fused-ring (bicyclic) bond motifs is 1. The van der Waals surface area contributed by atoms with Gasteiger partial charge in [0, 0.05) is 9.58 Å². The highest BCUT2D eigenvalue weighted by molar-refractivity contribution is 7.19. The quantitative estimate of drug-likeness (QED) is 0.711. The first-order chi connectivity index (χ1) is 6.70. The molecule has 0 saturated heterocycles. The Hall–Kier alpha value is -1.37. The lowest BCUT2D eigenvalue weighted by Gasteiger charge is -1.95. The van der Waals surface area contributed by atoms with Crippen LogP contribution in [0.25, 0.3) is 10.1 Å². The highest BCUT2D eigenvalue weighted by Crippen LogP contribution is 2.29. The largest absolute Gasteiger partial charge is 0.375 e. The Kier molecular flexibility index (Phi) is 2.24. The minimum atomic E-state index is -0.893. The van der Waals surface area contributed by atoms with Gasteiger partial charge in [-0.05, 0) is 23.6 Å². The minimum absolute atomic E-state index is 0.277. The van der Waals surface area contributed by atoms with Crippen LogP contribution >= 0.6 is 11.3 Å². The molecule has 1 aromatic heterocycles. The molecule has 1 unspecified atom stereocenters. The third-order valence-corrected chi connectivity index (χ3v) is 3.08. The van der Waals surface area contributed by atoms with Crippen molar-refractivity contribution in [1.29, 1.82) is 0 Å². The number of rotatable bonds is 1. The summed E-state index contributed by atoms with van der Waals surface area (Å²) in [7, 11) is 0. The number of halogens is 1. The number of aliphatic hydroxyl groups excluding tert-OH is 1. The van der Waals surface area contributed by atoms with E-state index in [0.717, 1.165) is 10.1 Å². The zero-order valence-corrected chi connectivity index (χ0v) is 8.01. The molecule has 0 saturated carbocycles. The predicted molar refractivity (Wildman–Crippen MR) is 55.6 cm³/mol. The number of aliphatic hydroxyl groups is 1. The van der Waals surface area contributed by atoms with Crippen molar-refractivity contribution in [2.45, 2.75) is 6.10 Å². The first-order valence-corrected chi connectivity index (χ1v) is 4.85. The van der Waals surface area contributed by atoms with E-state index in [-0.39, 0.29) is 5.82 Å². The van der Waals surface area contributed by atoms with E-state index in [0.29, 0.717) is 4.88 Å². The van der Waals surface area contributed by atoms with Gasteiger partial charge < -0.3 is 5.11 Å². The van der Waals surface area contributed by atoms with Crippen molar-refractivity contribution in [3.8, 4) is 12.3 Å². The molecule has 1 heterocycles. The molecule has 70 valence electrons. The Balaban J connectivity index is 2.58. The number of hydrogen-bond acceptors (Lipinski definition) is 2. The van der Waals surface area contributed by atoms with Gasteiger partial charge in [-0.2, -0.15) is 0 Å². The van der Waals surface area contributed by atoms with E-state index in [1.54, 1.807) is 12.1 Å². The van der Waals surface area contributed by atoms with Crippen molar-refractivity contribution in [3.05, 3.63) is 35.0 Å². The smallest absolute Gasteiger partial charge is 0.149 e. The molecule has 1 N–H and O–H groups in total. The van der Waals surface area contributed by atoms with E-state index in [9.17, 15) is 9.50 Å². The minimum Gasteiger partial charge on any atom is -0.375 e. The van der Waals surface area contributed by atoms with Crippen LogP contribution in [0.2, 0.25) is 0 Å². The SMILES string of the molecule is C#CC(O)c1cc2ccc(F)cc2s1. The van der Waals surface area contributed by atoms with Crippen molar-refractivity contribution in [3.63, 3.8) is 0 Å². The van der Waals surface area contributed by atoms with Crippen LogP contribution in [0.3, 0.4) is 0 Å². The van der Waals surface area contributed by atoms with Crippen LogP contribution in [0.1, 0.15) is 11.0 Å². The van der Waals surface area contributed by atoms with E-state index in [2.05, 4.69) is 5.92 Å². The maximum atomic E-state index is 12.8. The van der Waals surface area contributed by atoms with Crippen LogP contribution in [0.15, 0.2) is 24.3 Å². The summed E-state index contributed by atoms with van der Waals surface area (Å²) in [6.07, 6.45) is 4.20. The summed E-state index contributed by atoms with van der Waals surface area (Å²) < 4.78 is 13.6. The van der Waals surface area contributed by atoms with Crippen LogP contribution in [0.5, 0.6) is 0 Å². The highest BCUT2D eigenvalue weighted by Gasteiger charge is 2.08. The maximum absolute atomic E-state index is 12.8. The number of hydrogen-bond donors (Lipinski definition) is 1. The normalized spacial score (nSPS) is 12.6. The fourth-order valence-corrected chi connectivity index (χ4v) is 2.28. The Labute approximate surface area is 84.8 Å². The monoisotopic (exact) mass is 206 g/mol. The number of terminal acetylenes is 1. The van der Waals surface area contributed by atoms with Crippen molar-refractivity contribution in [1.82, 2.24) is 0 Å². The molecule has 0 spiro atoms. The van der Waals surface area contributed by atoms with Gasteiger partial charge in [-0.25, -0.2) is 4.39 Å². The molecule has 14 heavy (non-hydrogen) atoms. The van der Waals surface area contributed by atoms with Gasteiger partial charge in [-0.1, -0.05) is 12.0 Å². The van der Waals surface area contributed by atoms with Crippen LogP contribution < -0.4 is 0 Å². The van der Waals surface area contributed by atoms with Gasteiger partial charge >= 0.3 is 0 Å². The molecule has 0 fully saturated rings. The Morgan fingerprint density at radius 2 is 2.21 bits per heavy atom. The standard InChI is InChI=1S/C11H7FOS/c1-2-9(13)11-5-7-3-4-8(12)6-10(7)14-11/h1,3-6,9,13H. The lowest BCUT2D eigenvalue weighted by Crippen LogP contribution is -1.86. The van der Waals surface area contributed by atoms with Crippen LogP contribution in [-0.4, -0.2) is 5.11 Å². The molecule has 1 atom stereocenters. The summed E-state index contributed by atoms with van der Waals surface area (Å²) >= 11 is 1.31. The van der Waals surface area contributed by atoms with E-state index in [4.69, 9.17) is 6.42 Å². The van der Waals surface area contributed by atoms with Crippen LogP contribution in [0.4, 0.5) is 4.39 Å². The molecular formula is C11H7FOS. The van der Waals surface area contributed by atoms with Crippen molar-refractivity contribution in [2.24, 2.45) is 0 Å². The Morgan fingerprint density at radius 1 is 1.43 bits per heavy atom. The van der Waals surface area contributed by atoms with Gasteiger partial charge in [0.25, 0.3) is 0 Å². The third-order valence-electron chi connectivity index (χ3n) is 1.93. The molecule has 2 aromatic rings. The third kappa shape index (κ3) is 1.50. The average Bonchev–Trinajstić information content (AvgIpc) is 2.59. The van der Waals surface area contributed by atoms with E-state index >= 15 is 0 Å². The van der Waals surface area contributed by atoms with Gasteiger partial charge in [0.15, 0.2) is 0 Å². The molecule has 1 nitrogen and oxygen atoms in total. The zero-order chi connectivity index (χ0) is 10.1. The van der Waals surface area contributed by atoms with E-state index in [1.165, 1.54) is 23.5 Å². The van der Waals surface area contributed by atoms with Crippen molar-refractivity contribution >= 4 is 21.4 Å². The van der Waals surface area contributed by atoms with Gasteiger partial charge in [-0.3, -0.25) is 0 Å². The lowest BCUT2D eigenvalue weighted by molar-refractivity contribution is 0.242. The second-order valence-electron chi connectivity index (χ2n) is 2.90. The molecule has 0 radical (unpaired) electrons. The van der Waals surface area contributed by atoms with Crippen molar-refractivity contribution in [2.75, 3.05) is 0 Å². The van der Waals surface area contributed by atoms with Gasteiger partial charge in [0.05, 0.1) is 0 Å². The molecule has 2 rings (SSSR count). The molecule has 0 aliphatic carbocycles. The Bertz CT molecular complexity index is 509. The second kappa shape index (κ2) is 3.41. The number of thiophene rings is 1.